The van der Waals surface area contributed by atoms with Crippen LogP contribution in [0, 0.1) is 0 Å². The van der Waals surface area contributed by atoms with Gasteiger partial charge in [-0.1, -0.05) is 18.2 Å². The minimum atomic E-state index is 0.112. The molecule has 1 aromatic carbocycles. The third kappa shape index (κ3) is 3.79. The van der Waals surface area contributed by atoms with Crippen LogP contribution in [0.3, 0.4) is 0 Å². The molecule has 0 aliphatic rings. The Bertz CT molecular complexity index is 266. The van der Waals surface area contributed by atoms with Crippen molar-refractivity contribution in [2.24, 2.45) is 0 Å². The van der Waals surface area contributed by atoms with Gasteiger partial charge in [-0.25, -0.2) is 0 Å². The van der Waals surface area contributed by atoms with Crippen molar-refractivity contribution < 1.29 is 5.11 Å². The van der Waals surface area contributed by atoms with Gasteiger partial charge >= 0.3 is 0 Å². The summed E-state index contributed by atoms with van der Waals surface area (Å²) in [4.78, 5) is 0. The first-order valence-corrected chi connectivity index (χ1v) is 4.70. The highest BCUT2D eigenvalue weighted by molar-refractivity contribution is 5.26. The fourth-order valence-electron chi connectivity index (χ4n) is 1.32. The first kappa shape index (κ1) is 9.85. The Morgan fingerprint density at radius 3 is 2.85 bits per heavy atom. The Morgan fingerprint density at radius 2 is 2.15 bits per heavy atom. The number of allylic oxidation sites excluding steroid dienone is 1. The average Bonchev–Trinajstić information content (AvgIpc) is 2.13. The van der Waals surface area contributed by atoms with Crippen LogP contribution in [0.4, 0.5) is 0 Å². The van der Waals surface area contributed by atoms with Crippen molar-refractivity contribution in [2.75, 3.05) is 0 Å². The molecule has 0 amide bonds. The van der Waals surface area contributed by atoms with Gasteiger partial charge in [0.05, 0.1) is 0 Å². The maximum atomic E-state index is 11.0. The predicted molar refractivity (Wildman–Crippen MR) is 54.3 cm³/mol. The molecule has 1 nitrogen and oxygen atoms in total. The highest BCUT2D eigenvalue weighted by atomic mass is 16.3. The fraction of sp³-hybridized carbons (Fsp3) is 0.333. The maximum Gasteiger partial charge on any atom is 0.178 e. The van der Waals surface area contributed by atoms with Crippen LogP contribution in [0.25, 0.3) is 0 Å². The Hall–Kier alpha value is -1.24. The summed E-state index contributed by atoms with van der Waals surface area (Å²) in [6.45, 7) is 3.67. The fourth-order valence-corrected chi connectivity index (χ4v) is 1.32. The summed E-state index contributed by atoms with van der Waals surface area (Å²) >= 11 is 0. The molecule has 13 heavy (non-hydrogen) atoms. The van der Waals surface area contributed by atoms with E-state index < -0.39 is 0 Å². The number of rotatable bonds is 5. The van der Waals surface area contributed by atoms with Gasteiger partial charge in [0.2, 0.25) is 0 Å². The van der Waals surface area contributed by atoms with Crippen LogP contribution in [-0.4, -0.2) is 0 Å². The molecule has 1 rings (SSSR count). The van der Waals surface area contributed by atoms with Gasteiger partial charge in [0, 0.05) is 0 Å². The normalized spacial score (nSPS) is 9.85. The molecule has 0 saturated heterocycles. The summed E-state index contributed by atoms with van der Waals surface area (Å²) in [5, 5.41) is 11.0. The minimum absolute atomic E-state index is 0.112. The highest BCUT2D eigenvalue weighted by Crippen LogP contribution is 2.14. The van der Waals surface area contributed by atoms with Crippen LogP contribution < -0.4 is 0 Å². The SMILES string of the molecule is C=CCCCCc1cccc([O])c1. The Kier molecular flexibility index (Phi) is 4.10. The van der Waals surface area contributed by atoms with E-state index in [0.717, 1.165) is 31.2 Å². The standard InChI is InChI=1S/C12H15O/c1-2-3-4-5-7-11-8-6-9-12(13)10-11/h2,6,8-10H,1,3-5,7H2. The summed E-state index contributed by atoms with van der Waals surface area (Å²) in [5.74, 6) is 0.112. The molecule has 0 aliphatic carbocycles. The third-order valence-corrected chi connectivity index (χ3v) is 2.02. The molecular formula is C12H15O. The lowest BCUT2D eigenvalue weighted by atomic mass is 10.1. The second-order valence-electron chi connectivity index (χ2n) is 3.18. The van der Waals surface area contributed by atoms with Crippen LogP contribution in [0.15, 0.2) is 36.9 Å². The number of unbranched alkanes of at least 4 members (excludes halogenated alkanes) is 2. The van der Waals surface area contributed by atoms with E-state index in [-0.39, 0.29) is 5.75 Å². The van der Waals surface area contributed by atoms with Crippen LogP contribution in [0.5, 0.6) is 5.75 Å². The zero-order chi connectivity index (χ0) is 9.52. The predicted octanol–water partition coefficient (Wildman–Crippen LogP) is 3.73. The summed E-state index contributed by atoms with van der Waals surface area (Å²) in [6, 6.07) is 7.14. The lowest BCUT2D eigenvalue weighted by molar-refractivity contribution is 0.354. The van der Waals surface area contributed by atoms with Crippen molar-refractivity contribution in [3.8, 4) is 5.75 Å². The Morgan fingerprint density at radius 1 is 1.31 bits per heavy atom. The van der Waals surface area contributed by atoms with Crippen molar-refractivity contribution in [1.82, 2.24) is 0 Å². The molecule has 0 spiro atoms. The van der Waals surface area contributed by atoms with Gasteiger partial charge in [0.25, 0.3) is 0 Å². The van der Waals surface area contributed by atoms with Crippen LogP contribution in [-0.2, 0) is 11.5 Å². The first-order chi connectivity index (χ1) is 6.33. The van der Waals surface area contributed by atoms with Crippen molar-refractivity contribution in [3.63, 3.8) is 0 Å². The molecule has 0 bridgehead atoms. The van der Waals surface area contributed by atoms with Gasteiger partial charge in [-0.05, 0) is 43.4 Å². The molecule has 1 heteroatoms. The molecule has 0 aliphatic heterocycles. The maximum absolute atomic E-state index is 11.0. The molecule has 1 aromatic rings. The third-order valence-electron chi connectivity index (χ3n) is 2.02. The molecule has 0 N–H and O–H groups in total. The highest BCUT2D eigenvalue weighted by Gasteiger charge is 1.95. The van der Waals surface area contributed by atoms with E-state index >= 15 is 0 Å². The summed E-state index contributed by atoms with van der Waals surface area (Å²) < 4.78 is 0. The molecule has 0 atom stereocenters. The zero-order valence-corrected chi connectivity index (χ0v) is 7.83. The van der Waals surface area contributed by atoms with E-state index in [1.54, 1.807) is 12.1 Å². The molecule has 69 valence electrons. The Balaban J connectivity index is 2.32. The lowest BCUT2D eigenvalue weighted by Gasteiger charge is -1.99. The van der Waals surface area contributed by atoms with Gasteiger partial charge in [-0.2, -0.15) is 0 Å². The minimum Gasteiger partial charge on any atom is -0.290 e. The average molecular weight is 175 g/mol. The summed E-state index contributed by atoms with van der Waals surface area (Å²) in [6.07, 6.45) is 6.30. The number of aryl methyl sites for hydroxylation is 1. The van der Waals surface area contributed by atoms with Crippen molar-refractivity contribution in [1.29, 1.82) is 0 Å². The van der Waals surface area contributed by atoms with E-state index in [0.29, 0.717) is 0 Å². The van der Waals surface area contributed by atoms with E-state index in [9.17, 15) is 5.11 Å². The number of hydrogen-bond acceptors (Lipinski definition) is 0. The molecular weight excluding hydrogens is 160 g/mol. The zero-order valence-electron chi connectivity index (χ0n) is 7.83. The topological polar surface area (TPSA) is 19.9 Å². The lowest BCUT2D eigenvalue weighted by Crippen LogP contribution is -1.84. The van der Waals surface area contributed by atoms with E-state index in [2.05, 4.69) is 6.58 Å². The molecule has 0 saturated carbocycles. The second kappa shape index (κ2) is 5.41. The smallest absolute Gasteiger partial charge is 0.178 e. The quantitative estimate of drug-likeness (QED) is 0.480. The molecule has 0 aromatic heterocycles. The number of benzene rings is 1. The van der Waals surface area contributed by atoms with E-state index in [4.69, 9.17) is 0 Å². The van der Waals surface area contributed by atoms with Gasteiger partial charge < -0.3 is 0 Å². The van der Waals surface area contributed by atoms with Gasteiger partial charge in [0.15, 0.2) is 5.75 Å². The summed E-state index contributed by atoms with van der Waals surface area (Å²) in [7, 11) is 0. The van der Waals surface area contributed by atoms with Crippen LogP contribution in [0.1, 0.15) is 24.8 Å². The van der Waals surface area contributed by atoms with Crippen LogP contribution in [0.2, 0.25) is 0 Å². The second-order valence-corrected chi connectivity index (χ2v) is 3.18. The monoisotopic (exact) mass is 175 g/mol. The van der Waals surface area contributed by atoms with Crippen molar-refractivity contribution in [2.45, 2.75) is 25.7 Å². The molecule has 0 heterocycles. The largest absolute Gasteiger partial charge is 0.290 e. The van der Waals surface area contributed by atoms with Gasteiger partial charge in [-0.15, -0.1) is 6.58 Å². The first-order valence-electron chi connectivity index (χ1n) is 4.70. The number of hydrogen-bond donors (Lipinski definition) is 0. The van der Waals surface area contributed by atoms with Gasteiger partial charge in [-0.3, -0.25) is 5.11 Å². The van der Waals surface area contributed by atoms with Crippen LogP contribution >= 0.6 is 0 Å². The summed E-state index contributed by atoms with van der Waals surface area (Å²) in [5.41, 5.74) is 1.15. The Labute approximate surface area is 79.7 Å². The van der Waals surface area contributed by atoms with E-state index in [1.165, 1.54) is 0 Å². The molecule has 0 fully saturated rings. The molecule has 1 radical (unpaired) electrons. The van der Waals surface area contributed by atoms with Crippen molar-refractivity contribution >= 4 is 0 Å². The molecule has 0 unspecified atom stereocenters. The van der Waals surface area contributed by atoms with Crippen molar-refractivity contribution in [3.05, 3.63) is 42.5 Å². The van der Waals surface area contributed by atoms with E-state index in [1.807, 2.05) is 18.2 Å². The van der Waals surface area contributed by atoms with Gasteiger partial charge in [0.1, 0.15) is 0 Å².